The van der Waals surface area contributed by atoms with Gasteiger partial charge in [0.1, 0.15) is 5.75 Å². The number of rotatable bonds is 2. The lowest BCUT2D eigenvalue weighted by Gasteiger charge is -2.02. The Morgan fingerprint density at radius 3 is 2.53 bits per heavy atom. The van der Waals surface area contributed by atoms with E-state index in [4.69, 9.17) is 4.74 Å². The summed E-state index contributed by atoms with van der Waals surface area (Å²) in [5.41, 5.74) is 4.17. The zero-order valence-corrected chi connectivity index (χ0v) is 11.2. The van der Waals surface area contributed by atoms with Crippen LogP contribution in [-0.2, 0) is 4.79 Å². The highest BCUT2D eigenvalue weighted by atomic mass is 16.5. The summed E-state index contributed by atoms with van der Waals surface area (Å²) >= 11 is 0. The first-order chi connectivity index (χ1) is 9.17. The third-order valence-corrected chi connectivity index (χ3v) is 3.67. The summed E-state index contributed by atoms with van der Waals surface area (Å²) in [4.78, 5) is 11.4. The van der Waals surface area contributed by atoms with Crippen LogP contribution < -0.4 is 4.74 Å². The minimum Gasteiger partial charge on any atom is -0.497 e. The average Bonchev–Trinajstić information content (AvgIpc) is 2.77. The van der Waals surface area contributed by atoms with Crippen LogP contribution in [0.5, 0.6) is 5.75 Å². The summed E-state index contributed by atoms with van der Waals surface area (Å²) in [6.07, 6.45) is 0.879. The Kier molecular flexibility index (Phi) is 2.56. The van der Waals surface area contributed by atoms with E-state index < -0.39 is 0 Å². The van der Waals surface area contributed by atoms with Crippen molar-refractivity contribution in [1.82, 2.24) is 4.57 Å². The van der Waals surface area contributed by atoms with E-state index in [-0.39, 0.29) is 0 Å². The summed E-state index contributed by atoms with van der Waals surface area (Å²) in [5.74, 6) is 0.804. The summed E-state index contributed by atoms with van der Waals surface area (Å²) in [6.45, 7) is 4.09. The Bertz CT molecular complexity index is 799. The minimum absolute atomic E-state index is 0.804. The highest BCUT2D eigenvalue weighted by molar-refractivity contribution is 6.13. The van der Waals surface area contributed by atoms with Crippen LogP contribution in [0.1, 0.15) is 11.1 Å². The molecule has 1 heterocycles. The van der Waals surface area contributed by atoms with Gasteiger partial charge < -0.3 is 4.74 Å². The normalized spacial score (nSPS) is 11.1. The van der Waals surface area contributed by atoms with Crippen molar-refractivity contribution in [2.45, 2.75) is 13.8 Å². The van der Waals surface area contributed by atoms with Gasteiger partial charge in [0.2, 0.25) is 6.41 Å². The van der Waals surface area contributed by atoms with Crippen molar-refractivity contribution >= 4 is 28.2 Å². The fraction of sp³-hybridized carbons (Fsp3) is 0.188. The molecule has 96 valence electrons. The molecule has 3 heteroatoms. The molecule has 0 N–H and O–H groups in total. The molecule has 0 atom stereocenters. The molecule has 0 fully saturated rings. The van der Waals surface area contributed by atoms with E-state index in [9.17, 15) is 4.79 Å². The van der Waals surface area contributed by atoms with Gasteiger partial charge in [-0.25, -0.2) is 0 Å². The van der Waals surface area contributed by atoms with Gasteiger partial charge in [0.25, 0.3) is 0 Å². The maximum atomic E-state index is 11.4. The van der Waals surface area contributed by atoms with Crippen molar-refractivity contribution in [1.29, 1.82) is 0 Å². The quantitative estimate of drug-likeness (QED) is 0.655. The maximum Gasteiger partial charge on any atom is 0.218 e. The zero-order chi connectivity index (χ0) is 13.6. The Morgan fingerprint density at radius 1 is 1.11 bits per heavy atom. The molecule has 2 aromatic carbocycles. The number of aryl methyl sites for hydroxylation is 2. The molecule has 0 spiro atoms. The average molecular weight is 253 g/mol. The maximum absolute atomic E-state index is 11.4. The Labute approximate surface area is 111 Å². The molecule has 0 radical (unpaired) electrons. The Hall–Kier alpha value is -2.29. The van der Waals surface area contributed by atoms with Crippen LogP contribution in [0.4, 0.5) is 0 Å². The molecule has 0 saturated heterocycles. The molecular formula is C16H15NO2. The Morgan fingerprint density at radius 2 is 1.84 bits per heavy atom. The van der Waals surface area contributed by atoms with E-state index in [0.717, 1.165) is 39.5 Å². The molecule has 0 bridgehead atoms. The van der Waals surface area contributed by atoms with Gasteiger partial charge in [-0.3, -0.25) is 9.36 Å². The fourth-order valence-electron chi connectivity index (χ4n) is 2.73. The number of nitrogens with zero attached hydrogens (tertiary/aromatic N) is 1. The molecule has 0 saturated carbocycles. The number of carbonyl (C=O) groups excluding carboxylic acids is 1. The van der Waals surface area contributed by atoms with E-state index in [1.54, 1.807) is 11.7 Å². The second kappa shape index (κ2) is 4.12. The molecule has 0 amide bonds. The van der Waals surface area contributed by atoms with Gasteiger partial charge in [-0.05, 0) is 43.2 Å². The first-order valence-electron chi connectivity index (χ1n) is 6.20. The molecule has 3 nitrogen and oxygen atoms in total. The van der Waals surface area contributed by atoms with Gasteiger partial charge in [-0.2, -0.15) is 0 Å². The number of ether oxygens (including phenoxy) is 1. The summed E-state index contributed by atoms with van der Waals surface area (Å²) in [7, 11) is 1.65. The molecule has 0 aliphatic carbocycles. The Balaban J connectivity index is 2.62. The van der Waals surface area contributed by atoms with Crippen LogP contribution in [0.3, 0.4) is 0 Å². The van der Waals surface area contributed by atoms with Gasteiger partial charge in [0, 0.05) is 10.8 Å². The SMILES string of the molecule is COc1ccc2c(c1)c1c(C)ccc(C)c1n2C=O. The molecule has 3 rings (SSSR count). The molecule has 3 aromatic rings. The largest absolute Gasteiger partial charge is 0.497 e. The van der Waals surface area contributed by atoms with Crippen LogP contribution in [-0.4, -0.2) is 18.1 Å². The zero-order valence-electron chi connectivity index (χ0n) is 11.2. The lowest BCUT2D eigenvalue weighted by molar-refractivity contribution is 0.415. The van der Waals surface area contributed by atoms with Gasteiger partial charge in [0.15, 0.2) is 0 Å². The predicted molar refractivity (Wildman–Crippen MR) is 77.6 cm³/mol. The molecule has 0 aliphatic rings. The van der Waals surface area contributed by atoms with Gasteiger partial charge >= 0.3 is 0 Å². The van der Waals surface area contributed by atoms with Crippen molar-refractivity contribution in [2.75, 3.05) is 7.11 Å². The molecule has 0 unspecified atom stereocenters. The number of benzene rings is 2. The van der Waals surface area contributed by atoms with Crippen LogP contribution >= 0.6 is 0 Å². The predicted octanol–water partition coefficient (Wildman–Crippen LogP) is 3.46. The second-order valence-electron chi connectivity index (χ2n) is 4.78. The van der Waals surface area contributed by atoms with E-state index in [1.165, 1.54) is 5.56 Å². The van der Waals surface area contributed by atoms with Gasteiger partial charge in [0.05, 0.1) is 18.1 Å². The number of methoxy groups -OCH3 is 1. The van der Waals surface area contributed by atoms with E-state index in [0.29, 0.717) is 0 Å². The number of carbonyl (C=O) groups is 1. The van der Waals surface area contributed by atoms with Gasteiger partial charge in [-0.1, -0.05) is 12.1 Å². The number of fused-ring (bicyclic) bond motifs is 3. The third kappa shape index (κ3) is 1.55. The van der Waals surface area contributed by atoms with E-state index in [2.05, 4.69) is 13.0 Å². The van der Waals surface area contributed by atoms with Crippen LogP contribution in [0.15, 0.2) is 30.3 Å². The van der Waals surface area contributed by atoms with Crippen molar-refractivity contribution in [3.8, 4) is 5.75 Å². The van der Waals surface area contributed by atoms with E-state index in [1.807, 2.05) is 31.2 Å². The molecule has 19 heavy (non-hydrogen) atoms. The molecular weight excluding hydrogens is 238 g/mol. The number of hydrogen-bond acceptors (Lipinski definition) is 2. The van der Waals surface area contributed by atoms with Crippen LogP contribution in [0.25, 0.3) is 21.8 Å². The fourth-order valence-corrected chi connectivity index (χ4v) is 2.73. The lowest BCUT2D eigenvalue weighted by Crippen LogP contribution is -1.95. The molecule has 0 aliphatic heterocycles. The summed E-state index contributed by atoms with van der Waals surface area (Å²) in [5, 5.41) is 2.18. The highest BCUT2D eigenvalue weighted by Crippen LogP contribution is 2.34. The van der Waals surface area contributed by atoms with Crippen LogP contribution in [0.2, 0.25) is 0 Å². The first kappa shape index (κ1) is 11.8. The van der Waals surface area contributed by atoms with Gasteiger partial charge in [-0.15, -0.1) is 0 Å². The minimum atomic E-state index is 0.804. The van der Waals surface area contributed by atoms with Crippen molar-refractivity contribution < 1.29 is 9.53 Å². The van der Waals surface area contributed by atoms with E-state index >= 15 is 0 Å². The third-order valence-electron chi connectivity index (χ3n) is 3.67. The van der Waals surface area contributed by atoms with Crippen molar-refractivity contribution in [2.24, 2.45) is 0 Å². The smallest absolute Gasteiger partial charge is 0.218 e. The number of aromatic nitrogens is 1. The first-order valence-corrected chi connectivity index (χ1v) is 6.20. The standard InChI is InChI=1S/C16H15NO2/c1-10-4-5-11(2)16-15(10)13-8-12(19-3)6-7-14(13)17(16)9-18/h4-9H,1-3H3. The van der Waals surface area contributed by atoms with Crippen LogP contribution in [0, 0.1) is 13.8 Å². The number of hydrogen-bond donors (Lipinski definition) is 0. The van der Waals surface area contributed by atoms with Crippen molar-refractivity contribution in [3.05, 3.63) is 41.5 Å². The monoisotopic (exact) mass is 253 g/mol. The second-order valence-corrected chi connectivity index (χ2v) is 4.78. The molecule has 1 aromatic heterocycles. The summed E-state index contributed by atoms with van der Waals surface area (Å²) in [6, 6.07) is 9.94. The topological polar surface area (TPSA) is 31.2 Å². The summed E-state index contributed by atoms with van der Waals surface area (Å²) < 4.78 is 7.00. The highest BCUT2D eigenvalue weighted by Gasteiger charge is 2.14. The lowest BCUT2D eigenvalue weighted by atomic mass is 10.0. The van der Waals surface area contributed by atoms with Crippen molar-refractivity contribution in [3.63, 3.8) is 0 Å².